The average molecular weight is 352 g/mol. The fourth-order valence-corrected chi connectivity index (χ4v) is 7.22. The summed E-state index contributed by atoms with van der Waals surface area (Å²) in [5, 5.41) is 27.7. The molecule has 7 rings (SSSR count). The van der Waals surface area contributed by atoms with Gasteiger partial charge < -0.3 is 15.5 Å². The summed E-state index contributed by atoms with van der Waals surface area (Å²) in [6.07, 6.45) is 5.40. The van der Waals surface area contributed by atoms with Crippen molar-refractivity contribution in [3.63, 3.8) is 0 Å². The summed E-state index contributed by atoms with van der Waals surface area (Å²) in [6.45, 7) is 0.586. The van der Waals surface area contributed by atoms with Crippen LogP contribution in [-0.4, -0.2) is 39.9 Å². The fraction of sp³-hybridized carbons (Fsp3) is 0.389. The highest BCUT2D eigenvalue weighted by Gasteiger charge is 2.67. The normalized spacial score (nSPS) is 37.4. The third-order valence-electron chi connectivity index (χ3n) is 6.68. The summed E-state index contributed by atoms with van der Waals surface area (Å²) in [4.78, 5) is 18.3. The smallest absolute Gasteiger partial charge is 0.331 e. The van der Waals surface area contributed by atoms with Crippen molar-refractivity contribution in [2.45, 2.75) is 35.8 Å². The Morgan fingerprint density at radius 2 is 2.32 bits per heavy atom. The molecular formula is C18H14N3O3S+. The molecule has 0 radical (unpaired) electrons. The average Bonchev–Trinajstić information content (AvgIpc) is 3.12. The van der Waals surface area contributed by atoms with Gasteiger partial charge in [0.2, 0.25) is 5.36 Å². The molecular weight excluding hydrogens is 338 g/mol. The number of fused-ring (bicyclic) bond motifs is 3. The highest BCUT2D eigenvalue weighted by atomic mass is 32.2. The lowest BCUT2D eigenvalue weighted by Gasteiger charge is -2.44. The minimum absolute atomic E-state index is 0.106. The number of benzene rings is 1. The third-order valence-corrected chi connectivity index (χ3v) is 8.01. The van der Waals surface area contributed by atoms with Crippen LogP contribution in [0.2, 0.25) is 0 Å². The summed E-state index contributed by atoms with van der Waals surface area (Å²) in [5.41, 5.74) is 1.59. The maximum atomic E-state index is 12.9. The van der Waals surface area contributed by atoms with E-state index >= 15 is 0 Å². The highest BCUT2D eigenvalue weighted by molar-refractivity contribution is 8.04. The van der Waals surface area contributed by atoms with E-state index in [1.165, 1.54) is 0 Å². The second-order valence-electron chi connectivity index (χ2n) is 7.76. The predicted molar refractivity (Wildman–Crippen MR) is 93.6 cm³/mol. The fourth-order valence-electron chi connectivity index (χ4n) is 5.71. The highest BCUT2D eigenvalue weighted by Crippen LogP contribution is 2.63. The third kappa shape index (κ3) is 1.15. The number of phenols is 1. The number of thioether (sulfide) groups is 1. The molecule has 5 aliphatic heterocycles. The van der Waals surface area contributed by atoms with Crippen LogP contribution in [0.25, 0.3) is 5.57 Å². The van der Waals surface area contributed by atoms with E-state index in [1.54, 1.807) is 17.8 Å². The van der Waals surface area contributed by atoms with Crippen molar-refractivity contribution in [3.05, 3.63) is 27.1 Å². The van der Waals surface area contributed by atoms with Gasteiger partial charge in [0.05, 0.1) is 28.3 Å². The minimum atomic E-state index is -1.49. The van der Waals surface area contributed by atoms with Crippen LogP contribution in [0.4, 0.5) is 11.4 Å². The molecule has 3 bridgehead atoms. The van der Waals surface area contributed by atoms with E-state index in [0.717, 1.165) is 38.7 Å². The lowest BCUT2D eigenvalue weighted by atomic mass is 9.63. The van der Waals surface area contributed by atoms with Crippen molar-refractivity contribution >= 4 is 40.7 Å². The molecule has 0 unspecified atom stereocenters. The molecule has 3 N–H and O–H groups in total. The van der Waals surface area contributed by atoms with E-state index in [0.29, 0.717) is 25.1 Å². The summed E-state index contributed by atoms with van der Waals surface area (Å²) >= 11 is 1.65. The zero-order valence-electron chi connectivity index (χ0n) is 13.2. The van der Waals surface area contributed by atoms with E-state index in [4.69, 9.17) is 0 Å². The zero-order chi connectivity index (χ0) is 16.7. The SMILES string of the molecule is O=C1C=C2S[C@H]3C[C@@]24C[C@]1(O)[N+]1=c2c4c(c(O)c4c2=C(C=N4)CC1)N3. The number of hydrogen-bond donors (Lipinski definition) is 3. The molecule has 1 fully saturated rings. The van der Waals surface area contributed by atoms with Crippen LogP contribution in [-0.2, 0) is 10.2 Å². The van der Waals surface area contributed by atoms with Crippen LogP contribution in [0.3, 0.4) is 0 Å². The number of aliphatic imine (C=N–C) groups is 1. The summed E-state index contributed by atoms with van der Waals surface area (Å²) in [5.74, 6) is -0.0142. The first-order chi connectivity index (χ1) is 12.0. The first-order valence-electron chi connectivity index (χ1n) is 8.56. The number of phenolic OH excluding ortho intramolecular Hbond substituents is 1. The van der Waals surface area contributed by atoms with Gasteiger partial charge in [0.25, 0.3) is 5.78 Å². The maximum Gasteiger partial charge on any atom is 0.331 e. The second-order valence-corrected chi connectivity index (χ2v) is 9.00. The number of carbonyl (C=O) groups excluding carboxylic acids is 1. The molecule has 25 heavy (non-hydrogen) atoms. The molecule has 7 heteroatoms. The van der Waals surface area contributed by atoms with Crippen LogP contribution in [0.5, 0.6) is 5.75 Å². The number of aliphatic hydroxyl groups is 1. The quantitative estimate of drug-likeness (QED) is 0.446. The lowest BCUT2D eigenvalue weighted by Crippen LogP contribution is -2.70. The minimum Gasteiger partial charge on any atom is -0.504 e. The number of allylic oxidation sites excluding steroid dienone is 1. The Morgan fingerprint density at radius 3 is 3.20 bits per heavy atom. The summed E-state index contributed by atoms with van der Waals surface area (Å²) in [6, 6.07) is 0. The van der Waals surface area contributed by atoms with Crippen molar-refractivity contribution in [2.24, 2.45) is 4.99 Å². The molecule has 0 amide bonds. The van der Waals surface area contributed by atoms with Crippen LogP contribution in [0, 0.1) is 0 Å². The lowest BCUT2D eigenvalue weighted by molar-refractivity contribution is -0.144. The van der Waals surface area contributed by atoms with E-state index in [1.807, 2.05) is 10.8 Å². The molecule has 0 aromatic heterocycles. The molecule has 6 aliphatic rings. The molecule has 5 heterocycles. The van der Waals surface area contributed by atoms with Crippen LogP contribution < -0.4 is 20.5 Å². The molecule has 0 saturated carbocycles. The molecule has 124 valence electrons. The maximum absolute atomic E-state index is 12.9. The van der Waals surface area contributed by atoms with Crippen LogP contribution in [0.15, 0.2) is 16.0 Å². The van der Waals surface area contributed by atoms with Gasteiger partial charge in [0, 0.05) is 29.0 Å². The number of aromatic hydroxyl groups is 1. The molecule has 1 saturated heterocycles. The Bertz CT molecular complexity index is 1170. The van der Waals surface area contributed by atoms with Gasteiger partial charge in [0.1, 0.15) is 5.69 Å². The molecule has 1 aliphatic carbocycles. The first-order valence-corrected chi connectivity index (χ1v) is 9.44. The Balaban J connectivity index is 1.83. The number of ketones is 1. The van der Waals surface area contributed by atoms with Gasteiger partial charge in [0.15, 0.2) is 12.3 Å². The topological polar surface area (TPSA) is 84.9 Å². The van der Waals surface area contributed by atoms with Gasteiger partial charge >= 0.3 is 5.72 Å². The summed E-state index contributed by atoms with van der Waals surface area (Å²) < 4.78 is 1.87. The van der Waals surface area contributed by atoms with Gasteiger partial charge in [-0.05, 0) is 12.0 Å². The number of nitrogens with zero attached hydrogens (tertiary/aromatic N) is 2. The molecule has 6 nitrogen and oxygen atoms in total. The van der Waals surface area contributed by atoms with Gasteiger partial charge in [-0.25, -0.2) is 0 Å². The van der Waals surface area contributed by atoms with E-state index in [-0.39, 0.29) is 22.3 Å². The standard InChI is InChI=1S/C18H13N3O3S/c22-8-3-9-17-4-10(25-9)20-14-12(17)15-11-7(5-19-13(11)16(14)23)1-2-21(15)18(8,24)6-17/h3,5,10,24H,1-2,4,6H2,(H,19,20,23)/p+1/t10-,17+,18+/m0/s1. The van der Waals surface area contributed by atoms with Crippen molar-refractivity contribution in [2.75, 3.05) is 11.9 Å². The Morgan fingerprint density at radius 1 is 1.44 bits per heavy atom. The van der Waals surface area contributed by atoms with Gasteiger partial charge in [-0.3, -0.25) is 9.79 Å². The van der Waals surface area contributed by atoms with E-state index in [9.17, 15) is 15.0 Å². The molecule has 1 spiro atoms. The van der Waals surface area contributed by atoms with Crippen molar-refractivity contribution in [3.8, 4) is 5.75 Å². The van der Waals surface area contributed by atoms with E-state index < -0.39 is 5.72 Å². The Hall–Kier alpha value is -2.12. The van der Waals surface area contributed by atoms with Crippen molar-refractivity contribution in [1.82, 2.24) is 4.58 Å². The van der Waals surface area contributed by atoms with Crippen LogP contribution >= 0.6 is 11.8 Å². The number of nitrogens with one attached hydrogen (secondary N) is 1. The van der Waals surface area contributed by atoms with E-state index in [2.05, 4.69) is 10.3 Å². The number of anilines is 1. The molecule has 3 atom stereocenters. The van der Waals surface area contributed by atoms with Crippen molar-refractivity contribution in [1.29, 1.82) is 0 Å². The monoisotopic (exact) mass is 352 g/mol. The van der Waals surface area contributed by atoms with Gasteiger partial charge in [-0.15, -0.1) is 11.8 Å². The number of hydrogen-bond acceptors (Lipinski definition) is 6. The predicted octanol–water partition coefficient (Wildman–Crippen LogP) is -0.161. The molecule has 1 aromatic rings. The first kappa shape index (κ1) is 13.1. The zero-order valence-corrected chi connectivity index (χ0v) is 14.0. The summed E-state index contributed by atoms with van der Waals surface area (Å²) in [7, 11) is 0. The van der Waals surface area contributed by atoms with Gasteiger partial charge in [-0.2, -0.15) is 4.58 Å². The molecule has 1 aromatic carbocycles. The largest absolute Gasteiger partial charge is 0.504 e. The van der Waals surface area contributed by atoms with Crippen LogP contribution in [0.1, 0.15) is 24.8 Å². The Labute approximate surface area is 146 Å². The number of carbonyl (C=O) groups is 1. The Kier molecular flexibility index (Phi) is 1.86. The van der Waals surface area contributed by atoms with Crippen molar-refractivity contribution < 1.29 is 15.0 Å². The second kappa shape index (κ2) is 3.54. The van der Waals surface area contributed by atoms with Gasteiger partial charge in [-0.1, -0.05) is 0 Å². The number of rotatable bonds is 0.